The average molecular weight is 252 g/mol. The van der Waals surface area contributed by atoms with Crippen molar-refractivity contribution in [1.29, 1.82) is 0 Å². The van der Waals surface area contributed by atoms with Crippen LogP contribution in [0.25, 0.3) is 0 Å². The third-order valence-corrected chi connectivity index (χ3v) is 3.02. The van der Waals surface area contributed by atoms with Crippen molar-refractivity contribution in [3.8, 4) is 0 Å². The molecule has 0 fully saturated rings. The van der Waals surface area contributed by atoms with Crippen molar-refractivity contribution in [1.82, 2.24) is 0 Å². The molecule has 102 valence electrons. The quantitative estimate of drug-likeness (QED) is 0.804. The zero-order valence-electron chi connectivity index (χ0n) is 11.9. The predicted molar refractivity (Wildman–Crippen MR) is 74.0 cm³/mol. The van der Waals surface area contributed by atoms with Crippen molar-refractivity contribution >= 4 is 0 Å². The van der Waals surface area contributed by atoms with Crippen LogP contribution < -0.4 is 0 Å². The zero-order valence-corrected chi connectivity index (χ0v) is 11.9. The summed E-state index contributed by atoms with van der Waals surface area (Å²) in [6.07, 6.45) is 2.16. The van der Waals surface area contributed by atoms with Gasteiger partial charge in [-0.05, 0) is 42.4 Å². The van der Waals surface area contributed by atoms with Gasteiger partial charge in [-0.3, -0.25) is 0 Å². The minimum Gasteiger partial charge on any atom is -0.390 e. The monoisotopic (exact) mass is 252 g/mol. The van der Waals surface area contributed by atoms with E-state index in [0.29, 0.717) is 18.3 Å². The fraction of sp³-hybridized carbons (Fsp3) is 0.625. The third kappa shape index (κ3) is 5.18. The normalized spacial score (nSPS) is 12.4. The summed E-state index contributed by atoms with van der Waals surface area (Å²) >= 11 is 0. The molecule has 0 aliphatic carbocycles. The van der Waals surface area contributed by atoms with Gasteiger partial charge < -0.3 is 5.11 Å². The van der Waals surface area contributed by atoms with Gasteiger partial charge >= 0.3 is 0 Å². The first kappa shape index (κ1) is 15.2. The Kier molecular flexibility index (Phi) is 5.33. The van der Waals surface area contributed by atoms with Gasteiger partial charge in [0.25, 0.3) is 0 Å². The minimum atomic E-state index is -0.680. The van der Waals surface area contributed by atoms with E-state index < -0.39 is 5.60 Å². The molecule has 0 heterocycles. The first-order valence-electron chi connectivity index (χ1n) is 6.77. The Bertz CT molecular complexity index is 344. The highest BCUT2D eigenvalue weighted by molar-refractivity contribution is 5.18. The zero-order chi connectivity index (χ0) is 13.8. The van der Waals surface area contributed by atoms with E-state index >= 15 is 0 Å². The first-order valence-corrected chi connectivity index (χ1v) is 6.77. The lowest BCUT2D eigenvalue weighted by molar-refractivity contribution is 0.000730. The molecule has 1 aromatic rings. The van der Waals surface area contributed by atoms with Crippen LogP contribution in [-0.2, 0) is 6.42 Å². The molecular weight excluding hydrogens is 227 g/mol. The smallest absolute Gasteiger partial charge is 0.123 e. The lowest BCUT2D eigenvalue weighted by Crippen LogP contribution is -2.34. The molecular formula is C16H25FO. The van der Waals surface area contributed by atoms with Crippen molar-refractivity contribution in [2.75, 3.05) is 0 Å². The van der Waals surface area contributed by atoms with Gasteiger partial charge in [0.15, 0.2) is 0 Å². The van der Waals surface area contributed by atoms with Crippen molar-refractivity contribution in [3.63, 3.8) is 0 Å². The molecule has 18 heavy (non-hydrogen) atoms. The molecule has 0 saturated carbocycles. The fourth-order valence-electron chi connectivity index (χ4n) is 2.73. The van der Waals surface area contributed by atoms with E-state index in [1.807, 2.05) is 0 Å². The Morgan fingerprint density at radius 1 is 1.00 bits per heavy atom. The molecule has 0 spiro atoms. The predicted octanol–water partition coefficient (Wildman–Crippen LogP) is 4.19. The van der Waals surface area contributed by atoms with Gasteiger partial charge in [-0.1, -0.05) is 39.8 Å². The van der Waals surface area contributed by atoms with Crippen LogP contribution >= 0.6 is 0 Å². The maximum absolute atomic E-state index is 12.9. The minimum absolute atomic E-state index is 0.227. The van der Waals surface area contributed by atoms with Crippen molar-refractivity contribution in [2.24, 2.45) is 11.8 Å². The Morgan fingerprint density at radius 3 is 1.83 bits per heavy atom. The van der Waals surface area contributed by atoms with Gasteiger partial charge in [0, 0.05) is 6.42 Å². The topological polar surface area (TPSA) is 20.2 Å². The summed E-state index contributed by atoms with van der Waals surface area (Å²) in [4.78, 5) is 0. The van der Waals surface area contributed by atoms with Gasteiger partial charge in [-0.15, -0.1) is 0 Å². The molecule has 1 rings (SSSR count). The second kappa shape index (κ2) is 6.33. The number of rotatable bonds is 6. The largest absolute Gasteiger partial charge is 0.390 e. The number of halogens is 1. The van der Waals surface area contributed by atoms with E-state index in [2.05, 4.69) is 27.7 Å². The second-order valence-electron chi connectivity index (χ2n) is 6.22. The van der Waals surface area contributed by atoms with Crippen LogP contribution in [0.1, 0.15) is 46.1 Å². The molecule has 0 atom stereocenters. The maximum atomic E-state index is 12.9. The molecule has 1 aromatic carbocycles. The van der Waals surface area contributed by atoms with Crippen molar-refractivity contribution < 1.29 is 9.50 Å². The first-order chi connectivity index (χ1) is 8.31. The summed E-state index contributed by atoms with van der Waals surface area (Å²) in [5.41, 5.74) is 0.320. The number of hydrogen-bond acceptors (Lipinski definition) is 1. The van der Waals surface area contributed by atoms with Gasteiger partial charge in [-0.2, -0.15) is 0 Å². The lowest BCUT2D eigenvalue weighted by atomic mass is 9.80. The van der Waals surface area contributed by atoms with Gasteiger partial charge in [0.2, 0.25) is 0 Å². The lowest BCUT2D eigenvalue weighted by Gasteiger charge is -2.32. The summed E-state index contributed by atoms with van der Waals surface area (Å²) in [5, 5.41) is 10.8. The molecule has 0 aliphatic rings. The Labute approximate surface area is 110 Å². The van der Waals surface area contributed by atoms with Gasteiger partial charge in [-0.25, -0.2) is 4.39 Å². The molecule has 2 heteroatoms. The van der Waals surface area contributed by atoms with Crippen LogP contribution in [0.4, 0.5) is 4.39 Å². The van der Waals surface area contributed by atoms with Crippen LogP contribution in [0.3, 0.4) is 0 Å². The highest BCUT2D eigenvalue weighted by Crippen LogP contribution is 2.28. The Morgan fingerprint density at radius 2 is 1.44 bits per heavy atom. The molecule has 0 aromatic heterocycles. The van der Waals surface area contributed by atoms with Crippen LogP contribution in [0.5, 0.6) is 0 Å². The fourth-order valence-corrected chi connectivity index (χ4v) is 2.73. The van der Waals surface area contributed by atoms with E-state index in [1.54, 1.807) is 12.1 Å². The average Bonchev–Trinajstić information content (AvgIpc) is 2.18. The second-order valence-corrected chi connectivity index (χ2v) is 6.22. The summed E-state index contributed by atoms with van der Waals surface area (Å²) in [6.45, 7) is 8.48. The summed E-state index contributed by atoms with van der Waals surface area (Å²) in [6, 6.07) is 6.45. The van der Waals surface area contributed by atoms with Crippen molar-refractivity contribution in [3.05, 3.63) is 35.6 Å². The molecule has 0 amide bonds. The molecule has 0 saturated heterocycles. The summed E-state index contributed by atoms with van der Waals surface area (Å²) < 4.78 is 12.9. The van der Waals surface area contributed by atoms with Crippen LogP contribution in [0.2, 0.25) is 0 Å². The molecule has 1 N–H and O–H groups in total. The number of aliphatic hydroxyl groups is 1. The standard InChI is InChI=1S/C16H25FO/c1-12(2)9-16(18,10-13(3)4)11-14-5-7-15(17)8-6-14/h5-8,12-13,18H,9-11H2,1-4H3. The highest BCUT2D eigenvalue weighted by Gasteiger charge is 2.29. The third-order valence-electron chi connectivity index (χ3n) is 3.02. The van der Waals surface area contributed by atoms with Crippen LogP contribution in [0.15, 0.2) is 24.3 Å². The number of benzene rings is 1. The molecule has 0 aliphatic heterocycles. The van der Waals surface area contributed by atoms with E-state index in [0.717, 1.165) is 18.4 Å². The van der Waals surface area contributed by atoms with E-state index in [-0.39, 0.29) is 5.82 Å². The van der Waals surface area contributed by atoms with Gasteiger partial charge in [0.05, 0.1) is 5.60 Å². The van der Waals surface area contributed by atoms with E-state index in [1.165, 1.54) is 12.1 Å². The van der Waals surface area contributed by atoms with E-state index in [9.17, 15) is 9.50 Å². The molecule has 0 bridgehead atoms. The molecule has 0 radical (unpaired) electrons. The Hall–Kier alpha value is -0.890. The number of hydrogen-bond donors (Lipinski definition) is 1. The summed E-state index contributed by atoms with van der Waals surface area (Å²) in [7, 11) is 0. The summed E-state index contributed by atoms with van der Waals surface area (Å²) in [5.74, 6) is 0.679. The Balaban J connectivity index is 2.80. The SMILES string of the molecule is CC(C)CC(O)(Cc1ccc(F)cc1)CC(C)C. The van der Waals surface area contributed by atoms with Crippen LogP contribution in [0, 0.1) is 17.7 Å². The van der Waals surface area contributed by atoms with E-state index in [4.69, 9.17) is 0 Å². The van der Waals surface area contributed by atoms with Gasteiger partial charge in [0.1, 0.15) is 5.82 Å². The van der Waals surface area contributed by atoms with Crippen LogP contribution in [-0.4, -0.2) is 10.7 Å². The molecule has 1 nitrogen and oxygen atoms in total. The highest BCUT2D eigenvalue weighted by atomic mass is 19.1. The molecule has 0 unspecified atom stereocenters. The maximum Gasteiger partial charge on any atom is 0.123 e. The van der Waals surface area contributed by atoms with Crippen molar-refractivity contribution in [2.45, 2.75) is 52.6 Å².